The van der Waals surface area contributed by atoms with Crippen molar-refractivity contribution in [3.05, 3.63) is 78.6 Å². The molecule has 0 spiro atoms. The highest BCUT2D eigenvalue weighted by molar-refractivity contribution is 6.13. The molecule has 0 aliphatic rings. The molecule has 0 atom stereocenters. The van der Waals surface area contributed by atoms with Crippen molar-refractivity contribution in [2.45, 2.75) is 12.8 Å². The number of carbonyl (C=O) groups excluding carboxylic acids is 1. The molecule has 4 aromatic heterocycles. The van der Waals surface area contributed by atoms with Crippen molar-refractivity contribution in [2.24, 2.45) is 0 Å². The van der Waals surface area contributed by atoms with Gasteiger partial charge in [-0.1, -0.05) is 24.3 Å². The lowest BCUT2D eigenvalue weighted by molar-refractivity contribution is 0.0980. The number of pyridine rings is 3. The van der Waals surface area contributed by atoms with E-state index in [-0.39, 0.29) is 5.78 Å². The molecule has 0 aliphatic carbocycles. The molecule has 4 heterocycles. The summed E-state index contributed by atoms with van der Waals surface area (Å²) in [7, 11) is 1.86. The van der Waals surface area contributed by atoms with E-state index in [1.54, 1.807) is 42.9 Å². The van der Waals surface area contributed by atoms with Crippen LogP contribution in [0.3, 0.4) is 0 Å². The van der Waals surface area contributed by atoms with Crippen LogP contribution in [0.2, 0.25) is 0 Å². The van der Waals surface area contributed by atoms with Gasteiger partial charge in [0, 0.05) is 46.3 Å². The number of nitrogens with one attached hydrogen (secondary N) is 2. The summed E-state index contributed by atoms with van der Waals surface area (Å²) in [5, 5.41) is 4.56. The Kier molecular flexibility index (Phi) is 5.62. The van der Waals surface area contributed by atoms with Crippen LogP contribution in [0.15, 0.2) is 67.3 Å². The van der Waals surface area contributed by atoms with Crippen molar-refractivity contribution in [1.82, 2.24) is 25.3 Å². The third kappa shape index (κ3) is 3.99. The average molecular weight is 439 g/mol. The van der Waals surface area contributed by atoms with Crippen LogP contribution in [0.1, 0.15) is 23.2 Å². The summed E-state index contributed by atoms with van der Waals surface area (Å²) in [5.74, 6) is -0.340. The van der Waals surface area contributed by atoms with Gasteiger partial charge < -0.3 is 10.3 Å². The molecule has 0 amide bonds. The topological polar surface area (TPSA) is 83.6 Å². The van der Waals surface area contributed by atoms with Crippen molar-refractivity contribution in [1.29, 1.82) is 0 Å². The van der Waals surface area contributed by atoms with E-state index in [2.05, 4.69) is 25.3 Å². The fraction of sp³-hybridized carbons (Fsp3) is 0.154. The van der Waals surface area contributed by atoms with Crippen LogP contribution in [-0.4, -0.2) is 39.3 Å². The number of hydrogen-bond donors (Lipinski definition) is 2. The Morgan fingerprint density at radius 2 is 1.91 bits per heavy atom. The van der Waals surface area contributed by atoms with Gasteiger partial charge in [0.1, 0.15) is 11.5 Å². The molecule has 33 heavy (non-hydrogen) atoms. The zero-order chi connectivity index (χ0) is 22.8. The summed E-state index contributed by atoms with van der Waals surface area (Å²) < 4.78 is 15.1. The number of ketones is 1. The number of hydrogen-bond acceptors (Lipinski definition) is 5. The van der Waals surface area contributed by atoms with Crippen molar-refractivity contribution < 1.29 is 9.18 Å². The normalized spacial score (nSPS) is 11.3. The predicted octanol–water partition coefficient (Wildman–Crippen LogP) is 5.16. The number of fused-ring (bicyclic) bond motifs is 3. The van der Waals surface area contributed by atoms with Gasteiger partial charge in [-0.2, -0.15) is 0 Å². The van der Waals surface area contributed by atoms with E-state index < -0.39 is 5.82 Å². The van der Waals surface area contributed by atoms with Gasteiger partial charge in [0.2, 0.25) is 0 Å². The van der Waals surface area contributed by atoms with E-state index >= 15 is 4.39 Å². The molecule has 0 bridgehead atoms. The molecule has 0 aliphatic heterocycles. The molecule has 0 saturated carbocycles. The average Bonchev–Trinajstić information content (AvgIpc) is 3.23. The number of H-pyrrole nitrogens is 1. The molecule has 0 unspecified atom stereocenters. The van der Waals surface area contributed by atoms with Gasteiger partial charge >= 0.3 is 0 Å². The maximum absolute atomic E-state index is 15.1. The number of benzene rings is 1. The van der Waals surface area contributed by atoms with Gasteiger partial charge in [0.25, 0.3) is 0 Å². The number of nitrogens with zero attached hydrogens (tertiary/aromatic N) is 3. The second kappa shape index (κ2) is 8.88. The standard InChI is InChI=1S/C26H22FN5O/c1-28-10-3-5-23(33)16-6-8-17(9-7-16)24-20(27)14-31-26-25(24)19-12-21(30-15-22(19)32-26)18-4-2-11-29-13-18/h2,4,6-9,11-15,28H,3,5,10H2,1H3,(H,31,32). The first kappa shape index (κ1) is 20.9. The highest BCUT2D eigenvalue weighted by Gasteiger charge is 2.18. The summed E-state index contributed by atoms with van der Waals surface area (Å²) in [5.41, 5.74) is 4.74. The first-order valence-corrected chi connectivity index (χ1v) is 10.8. The number of aromatic nitrogens is 4. The van der Waals surface area contributed by atoms with Crippen molar-refractivity contribution in [3.8, 4) is 22.4 Å². The van der Waals surface area contributed by atoms with Gasteiger partial charge in [-0.3, -0.25) is 14.8 Å². The predicted molar refractivity (Wildman–Crippen MR) is 128 cm³/mol. The van der Waals surface area contributed by atoms with Gasteiger partial charge in [0.15, 0.2) is 5.78 Å². The number of rotatable bonds is 7. The Balaban J connectivity index is 1.60. The molecule has 0 fully saturated rings. The highest BCUT2D eigenvalue weighted by Crippen LogP contribution is 2.36. The fourth-order valence-corrected chi connectivity index (χ4v) is 4.08. The van der Waals surface area contributed by atoms with Crippen LogP contribution < -0.4 is 5.32 Å². The minimum absolute atomic E-state index is 0.0800. The lowest BCUT2D eigenvalue weighted by Gasteiger charge is -2.08. The van der Waals surface area contributed by atoms with E-state index in [0.717, 1.165) is 35.1 Å². The second-order valence-corrected chi connectivity index (χ2v) is 7.89. The van der Waals surface area contributed by atoms with Crippen LogP contribution in [0.25, 0.3) is 44.3 Å². The third-order valence-electron chi connectivity index (χ3n) is 5.74. The lowest BCUT2D eigenvalue weighted by atomic mass is 9.98. The Bertz CT molecular complexity index is 1450. The SMILES string of the molecule is CNCCCC(=O)c1ccc(-c2c(F)cnc3[nH]c4cnc(-c5cccnc5)cc4c23)cc1. The number of carbonyl (C=O) groups is 1. The first-order valence-electron chi connectivity index (χ1n) is 10.8. The van der Waals surface area contributed by atoms with Gasteiger partial charge in [0.05, 0.1) is 23.6 Å². The monoisotopic (exact) mass is 439 g/mol. The fourth-order valence-electron chi connectivity index (χ4n) is 4.08. The van der Waals surface area contributed by atoms with Crippen molar-refractivity contribution in [2.75, 3.05) is 13.6 Å². The summed E-state index contributed by atoms with van der Waals surface area (Å²) >= 11 is 0. The minimum Gasteiger partial charge on any atom is -0.338 e. The van der Waals surface area contributed by atoms with E-state index in [0.29, 0.717) is 34.1 Å². The molecule has 2 N–H and O–H groups in total. The van der Waals surface area contributed by atoms with Gasteiger partial charge in [-0.25, -0.2) is 9.37 Å². The Morgan fingerprint density at radius 1 is 1.06 bits per heavy atom. The van der Waals surface area contributed by atoms with Crippen molar-refractivity contribution in [3.63, 3.8) is 0 Å². The van der Waals surface area contributed by atoms with Crippen LogP contribution in [0.4, 0.5) is 4.39 Å². The van der Waals surface area contributed by atoms with Crippen LogP contribution in [0, 0.1) is 5.82 Å². The van der Waals surface area contributed by atoms with E-state index in [1.165, 1.54) is 6.20 Å². The molecule has 5 rings (SSSR count). The number of halogens is 1. The molecule has 6 nitrogen and oxygen atoms in total. The van der Waals surface area contributed by atoms with Crippen molar-refractivity contribution >= 4 is 27.7 Å². The zero-order valence-corrected chi connectivity index (χ0v) is 18.1. The van der Waals surface area contributed by atoms with E-state index in [9.17, 15) is 4.79 Å². The molecule has 164 valence electrons. The van der Waals surface area contributed by atoms with Crippen LogP contribution in [-0.2, 0) is 0 Å². The summed E-state index contributed by atoms with van der Waals surface area (Å²) in [4.78, 5) is 28.6. The zero-order valence-electron chi connectivity index (χ0n) is 18.1. The third-order valence-corrected chi connectivity index (χ3v) is 5.74. The maximum Gasteiger partial charge on any atom is 0.162 e. The Labute approximate surface area is 189 Å². The van der Waals surface area contributed by atoms with Gasteiger partial charge in [-0.15, -0.1) is 0 Å². The molecule has 7 heteroatoms. The van der Waals surface area contributed by atoms with E-state index in [4.69, 9.17) is 0 Å². The minimum atomic E-state index is -0.420. The molecular weight excluding hydrogens is 417 g/mol. The molecule has 0 saturated heterocycles. The highest BCUT2D eigenvalue weighted by atomic mass is 19.1. The second-order valence-electron chi connectivity index (χ2n) is 7.89. The summed E-state index contributed by atoms with van der Waals surface area (Å²) in [6, 6.07) is 12.8. The van der Waals surface area contributed by atoms with Gasteiger partial charge in [-0.05, 0) is 43.8 Å². The number of Topliss-reactive ketones (excluding diaryl/α,β-unsaturated/α-hetero) is 1. The molecule has 0 radical (unpaired) electrons. The molecular formula is C26H22FN5O. The van der Waals surface area contributed by atoms with Crippen LogP contribution in [0.5, 0.6) is 0 Å². The molecule has 5 aromatic rings. The molecule has 1 aromatic carbocycles. The first-order chi connectivity index (χ1) is 16.2. The smallest absolute Gasteiger partial charge is 0.162 e. The van der Waals surface area contributed by atoms with E-state index in [1.807, 2.05) is 25.2 Å². The maximum atomic E-state index is 15.1. The summed E-state index contributed by atoms with van der Waals surface area (Å²) in [6.07, 6.45) is 7.66. The lowest BCUT2D eigenvalue weighted by Crippen LogP contribution is -2.10. The summed E-state index contributed by atoms with van der Waals surface area (Å²) in [6.45, 7) is 0.792. The Hall–Kier alpha value is -3.97. The Morgan fingerprint density at radius 3 is 2.67 bits per heavy atom. The van der Waals surface area contributed by atoms with Crippen LogP contribution >= 0.6 is 0 Å². The largest absolute Gasteiger partial charge is 0.338 e. The quantitative estimate of drug-likeness (QED) is 0.270. The number of aromatic amines is 1.